The van der Waals surface area contributed by atoms with Gasteiger partial charge in [0.1, 0.15) is 6.10 Å². The smallest absolute Gasteiger partial charge is 0.178 e. The fourth-order valence-electron chi connectivity index (χ4n) is 1.14. The molecule has 1 N–H and O–H groups in total. The fourth-order valence-corrected chi connectivity index (χ4v) is 1.14. The lowest BCUT2D eigenvalue weighted by atomic mass is 10.2. The van der Waals surface area contributed by atoms with Gasteiger partial charge in [-0.2, -0.15) is 0 Å². The molecule has 0 amide bonds. The molecule has 15 heavy (non-hydrogen) atoms. The van der Waals surface area contributed by atoms with Crippen molar-refractivity contribution in [1.29, 1.82) is 0 Å². The second kappa shape index (κ2) is 6.41. The van der Waals surface area contributed by atoms with Crippen LogP contribution in [0.3, 0.4) is 0 Å². The molecule has 0 saturated carbocycles. The van der Waals surface area contributed by atoms with Crippen LogP contribution in [0.25, 0.3) is 0 Å². The summed E-state index contributed by atoms with van der Waals surface area (Å²) >= 11 is 0. The Balaban J connectivity index is 2.48. The van der Waals surface area contributed by atoms with Crippen LogP contribution >= 0.6 is 0 Å². The third-order valence-corrected chi connectivity index (χ3v) is 1.83. The molecule has 0 aromatic carbocycles. The number of aliphatic hydroxyl groups excluding tert-OH is 1. The molecule has 1 saturated heterocycles. The molecule has 1 aliphatic heterocycles. The van der Waals surface area contributed by atoms with Crippen LogP contribution in [-0.2, 0) is 9.47 Å². The lowest BCUT2D eigenvalue weighted by Crippen LogP contribution is -2.03. The molecule has 0 aromatic rings. The van der Waals surface area contributed by atoms with Crippen molar-refractivity contribution in [1.82, 2.24) is 0 Å². The molecule has 1 unspecified atom stereocenters. The predicted octanol–water partition coefficient (Wildman–Crippen LogP) is 1.25. The summed E-state index contributed by atoms with van der Waals surface area (Å²) in [5, 5.41) is 9.31. The Bertz CT molecular complexity index is 301. The van der Waals surface area contributed by atoms with Crippen LogP contribution in [0.2, 0.25) is 0 Å². The molecule has 1 rings (SSSR count). The normalized spacial score (nSPS) is 20.3. The van der Waals surface area contributed by atoms with E-state index in [1.54, 1.807) is 12.2 Å². The number of rotatable bonds is 2. The average Bonchev–Trinajstić information content (AvgIpc) is 2.68. The van der Waals surface area contributed by atoms with E-state index in [1.807, 2.05) is 19.9 Å². The highest BCUT2D eigenvalue weighted by molar-refractivity contribution is 5.29. The largest absolute Gasteiger partial charge is 0.377 e. The van der Waals surface area contributed by atoms with Gasteiger partial charge in [-0.3, -0.25) is 0 Å². The van der Waals surface area contributed by atoms with Gasteiger partial charge in [0, 0.05) is 5.57 Å². The number of aliphatic hydroxyl groups is 1. The molecule has 3 nitrogen and oxygen atoms in total. The first-order valence-electron chi connectivity index (χ1n) is 4.96. The molecule has 0 spiro atoms. The molecule has 0 radical (unpaired) electrons. The molecule has 1 aliphatic rings. The molecule has 1 fully saturated rings. The van der Waals surface area contributed by atoms with Crippen LogP contribution in [0.4, 0.5) is 0 Å². The summed E-state index contributed by atoms with van der Waals surface area (Å²) in [5.41, 5.74) is 0.838. The van der Waals surface area contributed by atoms with Crippen LogP contribution in [0.15, 0.2) is 23.8 Å². The van der Waals surface area contributed by atoms with E-state index in [0.29, 0.717) is 13.2 Å². The van der Waals surface area contributed by atoms with Gasteiger partial charge in [-0.25, -0.2) is 0 Å². The molecule has 1 heterocycles. The van der Waals surface area contributed by atoms with E-state index < -0.39 is 6.10 Å². The minimum atomic E-state index is -0.705. The molecule has 3 heteroatoms. The van der Waals surface area contributed by atoms with Crippen molar-refractivity contribution in [3.63, 3.8) is 0 Å². The van der Waals surface area contributed by atoms with Crippen molar-refractivity contribution < 1.29 is 14.6 Å². The Kier molecular flexibility index (Phi) is 5.13. The fraction of sp³-hybridized carbons (Fsp3) is 0.500. The topological polar surface area (TPSA) is 38.7 Å². The third-order valence-electron chi connectivity index (χ3n) is 1.83. The number of hydrogen-bond donors (Lipinski definition) is 1. The molecular formula is C12H16O3. The molecule has 0 bridgehead atoms. The number of allylic oxidation sites excluding steroid dienone is 2. The minimum absolute atomic E-state index is 0.279. The highest BCUT2D eigenvalue weighted by Gasteiger charge is 2.12. The van der Waals surface area contributed by atoms with Gasteiger partial charge in [-0.05, 0) is 26.0 Å². The third kappa shape index (κ3) is 4.80. The Labute approximate surface area is 90.4 Å². The van der Waals surface area contributed by atoms with Crippen molar-refractivity contribution in [2.45, 2.75) is 26.2 Å². The lowest BCUT2D eigenvalue weighted by molar-refractivity contribution is -0.00193. The monoisotopic (exact) mass is 208 g/mol. The van der Waals surface area contributed by atoms with Crippen molar-refractivity contribution in [3.05, 3.63) is 23.8 Å². The molecule has 82 valence electrons. The van der Waals surface area contributed by atoms with Crippen LogP contribution < -0.4 is 0 Å². The first kappa shape index (κ1) is 12.0. The highest BCUT2D eigenvalue weighted by atomic mass is 16.7. The van der Waals surface area contributed by atoms with E-state index in [4.69, 9.17) is 9.47 Å². The Morgan fingerprint density at radius 2 is 2.13 bits per heavy atom. The van der Waals surface area contributed by atoms with Gasteiger partial charge in [0.25, 0.3) is 0 Å². The van der Waals surface area contributed by atoms with E-state index in [2.05, 4.69) is 11.8 Å². The van der Waals surface area contributed by atoms with Crippen LogP contribution in [0, 0.1) is 11.8 Å². The highest BCUT2D eigenvalue weighted by Crippen LogP contribution is 2.07. The summed E-state index contributed by atoms with van der Waals surface area (Å²) in [6.07, 6.45) is 4.22. The van der Waals surface area contributed by atoms with Gasteiger partial charge in [0.05, 0.1) is 13.2 Å². The maximum absolute atomic E-state index is 9.31. The molecular weight excluding hydrogens is 192 g/mol. The van der Waals surface area contributed by atoms with Gasteiger partial charge in [-0.1, -0.05) is 17.9 Å². The van der Waals surface area contributed by atoms with E-state index in [1.165, 1.54) is 0 Å². The summed E-state index contributed by atoms with van der Waals surface area (Å²) < 4.78 is 10.5. The summed E-state index contributed by atoms with van der Waals surface area (Å²) in [6.45, 7) is 4.96. The Morgan fingerprint density at radius 3 is 2.73 bits per heavy atom. The van der Waals surface area contributed by atoms with Gasteiger partial charge < -0.3 is 14.6 Å². The van der Waals surface area contributed by atoms with E-state index in [0.717, 1.165) is 5.57 Å². The first-order valence-corrected chi connectivity index (χ1v) is 4.96. The van der Waals surface area contributed by atoms with Gasteiger partial charge in [0.2, 0.25) is 0 Å². The van der Waals surface area contributed by atoms with E-state index in [-0.39, 0.29) is 6.29 Å². The quantitative estimate of drug-likeness (QED) is 0.548. The summed E-state index contributed by atoms with van der Waals surface area (Å²) in [6, 6.07) is 0. The number of hydrogen-bond acceptors (Lipinski definition) is 3. The lowest BCUT2D eigenvalue weighted by Gasteiger charge is -2.01. The van der Waals surface area contributed by atoms with Crippen molar-refractivity contribution >= 4 is 0 Å². The first-order chi connectivity index (χ1) is 7.22. The summed E-state index contributed by atoms with van der Waals surface area (Å²) in [5.74, 6) is 5.54. The SMILES string of the molecule is C/C=C/C(O)C#C/C(C)=C\C1OCCO1. The summed E-state index contributed by atoms with van der Waals surface area (Å²) in [7, 11) is 0. The Hall–Kier alpha value is -1.08. The van der Waals surface area contributed by atoms with Gasteiger partial charge in [-0.15, -0.1) is 0 Å². The van der Waals surface area contributed by atoms with Crippen LogP contribution in [-0.4, -0.2) is 30.7 Å². The van der Waals surface area contributed by atoms with Crippen molar-refractivity contribution in [3.8, 4) is 11.8 Å². The maximum Gasteiger partial charge on any atom is 0.178 e. The summed E-state index contributed by atoms with van der Waals surface area (Å²) in [4.78, 5) is 0. The second-order valence-corrected chi connectivity index (χ2v) is 3.20. The van der Waals surface area contributed by atoms with Gasteiger partial charge in [0.15, 0.2) is 6.29 Å². The Morgan fingerprint density at radius 1 is 1.47 bits per heavy atom. The van der Waals surface area contributed by atoms with Crippen molar-refractivity contribution in [2.75, 3.05) is 13.2 Å². The minimum Gasteiger partial charge on any atom is -0.377 e. The molecule has 1 atom stereocenters. The van der Waals surface area contributed by atoms with Crippen molar-refractivity contribution in [2.24, 2.45) is 0 Å². The number of ether oxygens (including phenoxy) is 2. The molecule has 0 aliphatic carbocycles. The maximum atomic E-state index is 9.31. The van der Waals surface area contributed by atoms with E-state index in [9.17, 15) is 5.11 Å². The predicted molar refractivity (Wildman–Crippen MR) is 58.0 cm³/mol. The molecule has 0 aromatic heterocycles. The zero-order valence-corrected chi connectivity index (χ0v) is 9.06. The zero-order valence-electron chi connectivity index (χ0n) is 9.06. The average molecular weight is 208 g/mol. The van der Waals surface area contributed by atoms with Crippen LogP contribution in [0.5, 0.6) is 0 Å². The van der Waals surface area contributed by atoms with Crippen LogP contribution in [0.1, 0.15) is 13.8 Å². The van der Waals surface area contributed by atoms with E-state index >= 15 is 0 Å². The zero-order chi connectivity index (χ0) is 11.1. The second-order valence-electron chi connectivity index (χ2n) is 3.20. The standard InChI is InChI=1S/C12H16O3/c1-3-4-11(13)6-5-10(2)9-12-14-7-8-15-12/h3-4,9,11-13H,7-8H2,1-2H3/b4-3+,10-9-. The van der Waals surface area contributed by atoms with Gasteiger partial charge >= 0.3 is 0 Å².